The van der Waals surface area contributed by atoms with Gasteiger partial charge in [-0.25, -0.2) is 4.98 Å². The maximum Gasteiger partial charge on any atom is 0.240 e. The van der Waals surface area contributed by atoms with Gasteiger partial charge in [0.15, 0.2) is 5.13 Å². The van der Waals surface area contributed by atoms with Crippen LogP contribution in [0.2, 0.25) is 0 Å². The number of anilines is 1. The molecule has 2 heterocycles. The highest BCUT2D eigenvalue weighted by Crippen LogP contribution is 2.33. The lowest BCUT2D eigenvalue weighted by molar-refractivity contribution is -0.119. The first kappa shape index (κ1) is 12.4. The highest BCUT2D eigenvalue weighted by Gasteiger charge is 2.31. The van der Waals surface area contributed by atoms with Crippen molar-refractivity contribution >= 4 is 32.6 Å². The molecule has 0 saturated carbocycles. The number of carbonyl (C=O) groups excluding carboxylic acids is 1. The van der Waals surface area contributed by atoms with Crippen LogP contribution < -0.4 is 10.6 Å². The van der Waals surface area contributed by atoms with E-state index in [0.29, 0.717) is 0 Å². The lowest BCUT2D eigenvalue weighted by Crippen LogP contribution is -2.40. The van der Waals surface area contributed by atoms with Crippen molar-refractivity contribution in [2.75, 3.05) is 11.4 Å². The Morgan fingerprint density at radius 1 is 1.58 bits per heavy atom. The molecule has 2 aromatic rings. The second kappa shape index (κ2) is 4.81. The average Bonchev–Trinajstić information content (AvgIpc) is 3.03. The van der Waals surface area contributed by atoms with Gasteiger partial charge in [-0.15, -0.1) is 0 Å². The Morgan fingerprint density at radius 3 is 3.16 bits per heavy atom. The number of fused-ring (bicyclic) bond motifs is 1. The molecule has 3 rings (SSSR count). The Bertz CT molecular complexity index is 622. The molecule has 0 spiro atoms. The molecule has 4 nitrogen and oxygen atoms in total. The zero-order valence-electron chi connectivity index (χ0n) is 10.9. The number of hydrogen-bond acceptors (Lipinski definition) is 4. The number of rotatable bonds is 3. The van der Waals surface area contributed by atoms with Crippen LogP contribution in [0.4, 0.5) is 5.13 Å². The summed E-state index contributed by atoms with van der Waals surface area (Å²) in [7, 11) is 0. The summed E-state index contributed by atoms with van der Waals surface area (Å²) < 4.78 is 1.18. The molecule has 1 aliphatic heterocycles. The molecule has 1 unspecified atom stereocenters. The standard InChI is InChI=1S/C14H17N3OS/c1-2-9-5-6-10-12(8-9)19-14(16-10)17-7-3-4-11(17)13(15)18/h5-6,8,11H,2-4,7H2,1H3,(H2,15,18). The lowest BCUT2D eigenvalue weighted by Gasteiger charge is -2.20. The van der Waals surface area contributed by atoms with Gasteiger partial charge in [-0.2, -0.15) is 0 Å². The second-order valence-corrected chi connectivity index (χ2v) is 5.91. The Labute approximate surface area is 116 Å². The summed E-state index contributed by atoms with van der Waals surface area (Å²) in [6.45, 7) is 3.01. The third-order valence-corrected chi connectivity index (χ3v) is 4.73. The minimum absolute atomic E-state index is 0.189. The number of amides is 1. The zero-order chi connectivity index (χ0) is 13.4. The van der Waals surface area contributed by atoms with Crippen molar-refractivity contribution in [3.05, 3.63) is 23.8 Å². The molecule has 1 amide bonds. The predicted molar refractivity (Wildman–Crippen MR) is 78.6 cm³/mol. The number of primary amides is 1. The first-order valence-electron chi connectivity index (χ1n) is 6.64. The summed E-state index contributed by atoms with van der Waals surface area (Å²) in [6.07, 6.45) is 2.87. The van der Waals surface area contributed by atoms with Gasteiger partial charge in [-0.05, 0) is 37.0 Å². The van der Waals surface area contributed by atoms with Crippen LogP contribution >= 0.6 is 11.3 Å². The van der Waals surface area contributed by atoms with Crippen molar-refractivity contribution in [1.29, 1.82) is 0 Å². The predicted octanol–water partition coefficient (Wildman–Crippen LogP) is 2.31. The van der Waals surface area contributed by atoms with Gasteiger partial charge < -0.3 is 10.6 Å². The minimum atomic E-state index is -0.244. The molecule has 19 heavy (non-hydrogen) atoms. The Kier molecular flexibility index (Phi) is 3.14. The SMILES string of the molecule is CCc1ccc2nc(N3CCCC3C(N)=O)sc2c1. The number of nitrogens with two attached hydrogens (primary N) is 1. The fraction of sp³-hybridized carbons (Fsp3) is 0.429. The van der Waals surface area contributed by atoms with Gasteiger partial charge in [0.1, 0.15) is 6.04 Å². The Balaban J connectivity index is 1.98. The van der Waals surface area contributed by atoms with Crippen molar-refractivity contribution in [2.24, 2.45) is 5.73 Å². The number of thiazole rings is 1. The molecule has 0 aliphatic carbocycles. The van der Waals surface area contributed by atoms with Gasteiger partial charge >= 0.3 is 0 Å². The number of nitrogens with zero attached hydrogens (tertiary/aromatic N) is 2. The van der Waals surface area contributed by atoms with Crippen molar-refractivity contribution < 1.29 is 4.79 Å². The first-order valence-corrected chi connectivity index (χ1v) is 7.46. The second-order valence-electron chi connectivity index (χ2n) is 4.91. The number of carbonyl (C=O) groups is 1. The van der Waals surface area contributed by atoms with Gasteiger partial charge in [-0.3, -0.25) is 4.79 Å². The molecule has 1 aromatic heterocycles. The topological polar surface area (TPSA) is 59.2 Å². The van der Waals surface area contributed by atoms with Gasteiger partial charge in [0.2, 0.25) is 5.91 Å². The normalized spacial score (nSPS) is 19.2. The van der Waals surface area contributed by atoms with Gasteiger partial charge in [0, 0.05) is 6.54 Å². The fourth-order valence-corrected chi connectivity index (χ4v) is 3.70. The van der Waals surface area contributed by atoms with Crippen LogP contribution in [-0.4, -0.2) is 23.5 Å². The maximum atomic E-state index is 11.5. The number of hydrogen-bond donors (Lipinski definition) is 1. The summed E-state index contributed by atoms with van der Waals surface area (Å²) in [5.74, 6) is -0.244. The highest BCUT2D eigenvalue weighted by atomic mass is 32.1. The third kappa shape index (κ3) is 2.18. The molecular weight excluding hydrogens is 258 g/mol. The molecular formula is C14H17N3OS. The summed E-state index contributed by atoms with van der Waals surface area (Å²) in [4.78, 5) is 18.2. The summed E-state index contributed by atoms with van der Waals surface area (Å²) >= 11 is 1.65. The summed E-state index contributed by atoms with van der Waals surface area (Å²) in [5, 5.41) is 0.921. The lowest BCUT2D eigenvalue weighted by atomic mass is 10.2. The van der Waals surface area contributed by atoms with Crippen molar-refractivity contribution in [3.63, 3.8) is 0 Å². The fourth-order valence-electron chi connectivity index (χ4n) is 2.59. The molecule has 1 aromatic carbocycles. The average molecular weight is 275 g/mol. The Hall–Kier alpha value is -1.62. The van der Waals surface area contributed by atoms with E-state index in [0.717, 1.165) is 36.5 Å². The van der Waals surface area contributed by atoms with E-state index in [1.807, 2.05) is 0 Å². The van der Waals surface area contributed by atoms with Crippen LogP contribution in [0.1, 0.15) is 25.3 Å². The molecule has 1 fully saturated rings. The molecule has 0 radical (unpaired) electrons. The molecule has 1 saturated heterocycles. The van der Waals surface area contributed by atoms with E-state index in [1.54, 1.807) is 11.3 Å². The molecule has 5 heteroatoms. The largest absolute Gasteiger partial charge is 0.368 e. The van der Waals surface area contributed by atoms with Crippen LogP contribution in [0.15, 0.2) is 18.2 Å². The maximum absolute atomic E-state index is 11.5. The first-order chi connectivity index (χ1) is 9.19. The Morgan fingerprint density at radius 2 is 2.42 bits per heavy atom. The van der Waals surface area contributed by atoms with Gasteiger partial charge in [0.25, 0.3) is 0 Å². The number of benzene rings is 1. The van der Waals surface area contributed by atoms with Crippen LogP contribution in [0.3, 0.4) is 0 Å². The summed E-state index contributed by atoms with van der Waals surface area (Å²) in [6, 6.07) is 6.17. The van der Waals surface area contributed by atoms with E-state index >= 15 is 0 Å². The smallest absolute Gasteiger partial charge is 0.240 e. The summed E-state index contributed by atoms with van der Waals surface area (Å²) in [5.41, 5.74) is 7.78. The molecule has 100 valence electrons. The van der Waals surface area contributed by atoms with E-state index < -0.39 is 0 Å². The van der Waals surface area contributed by atoms with Crippen LogP contribution in [0.5, 0.6) is 0 Å². The number of aryl methyl sites for hydroxylation is 1. The van der Waals surface area contributed by atoms with E-state index in [2.05, 4.69) is 35.0 Å². The van der Waals surface area contributed by atoms with E-state index in [1.165, 1.54) is 10.3 Å². The molecule has 1 atom stereocenters. The molecule has 1 aliphatic rings. The van der Waals surface area contributed by atoms with Crippen molar-refractivity contribution in [1.82, 2.24) is 4.98 Å². The van der Waals surface area contributed by atoms with Crippen LogP contribution in [0, 0.1) is 0 Å². The van der Waals surface area contributed by atoms with E-state index in [4.69, 9.17) is 5.73 Å². The van der Waals surface area contributed by atoms with Gasteiger partial charge in [-0.1, -0.05) is 24.3 Å². The molecule has 2 N–H and O–H groups in total. The van der Waals surface area contributed by atoms with E-state index in [-0.39, 0.29) is 11.9 Å². The molecule has 0 bridgehead atoms. The number of aromatic nitrogens is 1. The monoisotopic (exact) mass is 275 g/mol. The van der Waals surface area contributed by atoms with Crippen LogP contribution in [0.25, 0.3) is 10.2 Å². The third-order valence-electron chi connectivity index (χ3n) is 3.68. The van der Waals surface area contributed by atoms with Crippen molar-refractivity contribution in [3.8, 4) is 0 Å². The van der Waals surface area contributed by atoms with Crippen LogP contribution in [-0.2, 0) is 11.2 Å². The quantitative estimate of drug-likeness (QED) is 0.935. The van der Waals surface area contributed by atoms with Gasteiger partial charge in [0.05, 0.1) is 10.2 Å². The minimum Gasteiger partial charge on any atom is -0.368 e. The zero-order valence-corrected chi connectivity index (χ0v) is 11.7. The van der Waals surface area contributed by atoms with Crippen molar-refractivity contribution in [2.45, 2.75) is 32.2 Å². The van der Waals surface area contributed by atoms with E-state index in [9.17, 15) is 4.79 Å². The highest BCUT2D eigenvalue weighted by molar-refractivity contribution is 7.22.